The van der Waals surface area contributed by atoms with Crippen molar-refractivity contribution in [3.05, 3.63) is 115 Å². The second-order valence-corrected chi connectivity index (χ2v) is 11.1. The molecular weight excluding hydrogens is 560 g/mol. The van der Waals surface area contributed by atoms with Crippen LogP contribution in [0.3, 0.4) is 0 Å². The Labute approximate surface area is 243 Å². The Balaban J connectivity index is 1.44. The number of carbonyl (C=O) groups excluding carboxylic acids is 1. The fraction of sp³-hybridized carbons (Fsp3) is 0.138. The zero-order valence-corrected chi connectivity index (χ0v) is 24.0. The molecule has 0 bridgehead atoms. The molecule has 41 heavy (non-hydrogen) atoms. The highest BCUT2D eigenvalue weighted by Gasteiger charge is 2.38. The van der Waals surface area contributed by atoms with Crippen molar-refractivity contribution in [2.24, 2.45) is 7.05 Å². The van der Waals surface area contributed by atoms with Gasteiger partial charge >= 0.3 is 0 Å². The molecule has 10 nitrogen and oxygen atoms in total. The number of hydrogen-bond donors (Lipinski definition) is 1. The molecule has 1 N–H and O–H groups in total. The quantitative estimate of drug-likeness (QED) is 0.231. The summed E-state index contributed by atoms with van der Waals surface area (Å²) in [6, 6.07) is 16.4. The van der Waals surface area contributed by atoms with Crippen molar-refractivity contribution in [2.75, 3.05) is 10.2 Å². The van der Waals surface area contributed by atoms with Crippen LogP contribution in [0.25, 0.3) is 17.4 Å². The van der Waals surface area contributed by atoms with Gasteiger partial charge in [0.25, 0.3) is 17.0 Å². The first-order chi connectivity index (χ1) is 19.7. The van der Waals surface area contributed by atoms with Gasteiger partial charge in [-0.2, -0.15) is 0 Å². The number of para-hydroxylation sites is 1. The number of nitrogens with one attached hydrogen (secondary N) is 1. The molecule has 0 aliphatic carbocycles. The predicted octanol–water partition coefficient (Wildman–Crippen LogP) is 4.41. The van der Waals surface area contributed by atoms with E-state index in [1.165, 1.54) is 20.1 Å². The minimum Gasteiger partial charge on any atom is -0.467 e. The van der Waals surface area contributed by atoms with Crippen LogP contribution in [0.4, 0.5) is 11.5 Å². The van der Waals surface area contributed by atoms with Gasteiger partial charge in [-0.3, -0.25) is 28.4 Å². The molecule has 5 aromatic rings. The van der Waals surface area contributed by atoms with Crippen molar-refractivity contribution in [1.82, 2.24) is 18.7 Å². The second-order valence-electron chi connectivity index (χ2n) is 9.47. The summed E-state index contributed by atoms with van der Waals surface area (Å²) in [5.74, 6) is 0.460. The van der Waals surface area contributed by atoms with Crippen LogP contribution in [0.5, 0.6) is 0 Å². The van der Waals surface area contributed by atoms with E-state index in [1.807, 2.05) is 43.3 Å². The largest absolute Gasteiger partial charge is 0.467 e. The Morgan fingerprint density at radius 1 is 1.02 bits per heavy atom. The zero-order chi connectivity index (χ0) is 28.8. The van der Waals surface area contributed by atoms with Crippen LogP contribution in [0.1, 0.15) is 22.6 Å². The van der Waals surface area contributed by atoms with Crippen molar-refractivity contribution in [1.29, 1.82) is 0 Å². The maximum Gasteiger partial charge on any atom is 0.296 e. The molecule has 0 saturated carbocycles. The highest BCUT2D eigenvalue weighted by atomic mass is 32.2. The third-order valence-electron chi connectivity index (χ3n) is 6.83. The Morgan fingerprint density at radius 2 is 1.80 bits per heavy atom. The second kappa shape index (κ2) is 10.4. The van der Waals surface area contributed by atoms with Crippen molar-refractivity contribution in [2.45, 2.75) is 20.4 Å². The van der Waals surface area contributed by atoms with Crippen LogP contribution in [0.15, 0.2) is 86.0 Å². The first-order valence-electron chi connectivity index (χ1n) is 12.7. The molecule has 1 aliphatic heterocycles. The van der Waals surface area contributed by atoms with Gasteiger partial charge in [0.2, 0.25) is 0 Å². The summed E-state index contributed by atoms with van der Waals surface area (Å²) in [5.41, 5.74) is 2.19. The molecule has 1 aromatic carbocycles. The van der Waals surface area contributed by atoms with E-state index < -0.39 is 5.91 Å². The highest BCUT2D eigenvalue weighted by molar-refractivity contribution is 8.27. The van der Waals surface area contributed by atoms with Gasteiger partial charge in [0, 0.05) is 13.2 Å². The van der Waals surface area contributed by atoms with Crippen LogP contribution in [-0.4, -0.2) is 29.0 Å². The molecule has 1 saturated heterocycles. The number of aryl methyl sites for hydroxylation is 1. The predicted molar refractivity (Wildman–Crippen MR) is 164 cm³/mol. The number of rotatable bonds is 6. The van der Waals surface area contributed by atoms with Gasteiger partial charge in [-0.25, -0.2) is 9.67 Å². The molecule has 0 radical (unpaired) electrons. The minimum atomic E-state index is -0.489. The summed E-state index contributed by atoms with van der Waals surface area (Å²) in [6.45, 7) is 3.92. The molecule has 1 fully saturated rings. The Hall–Kier alpha value is -4.68. The molecule has 4 aromatic heterocycles. The number of pyridine rings is 1. The maximum atomic E-state index is 13.8. The standard InChI is InChI=1S/C29H24N6O4S2/c1-17-11-12-23-31-25(30-15-20-10-7-13-39-20)21(26(36)33(23)16-17)14-22-27(37)34(29(40)41-22)24-18(2)32(3)35(28(24)38)19-8-5-4-6-9-19/h4-14,16,30H,15H2,1-3H3. The monoisotopic (exact) mass is 584 g/mol. The number of benzene rings is 1. The molecule has 0 atom stereocenters. The molecule has 206 valence electrons. The van der Waals surface area contributed by atoms with Crippen LogP contribution >= 0.6 is 24.0 Å². The fourth-order valence-electron chi connectivity index (χ4n) is 4.71. The topological polar surface area (TPSA) is 107 Å². The van der Waals surface area contributed by atoms with Crippen molar-refractivity contribution in [3.63, 3.8) is 0 Å². The van der Waals surface area contributed by atoms with E-state index in [4.69, 9.17) is 16.6 Å². The fourth-order valence-corrected chi connectivity index (χ4v) is 5.96. The van der Waals surface area contributed by atoms with E-state index in [-0.39, 0.29) is 38.1 Å². The number of fused-ring (bicyclic) bond motifs is 1. The molecule has 0 spiro atoms. The van der Waals surface area contributed by atoms with Crippen molar-refractivity contribution >= 4 is 57.4 Å². The maximum absolute atomic E-state index is 13.8. The van der Waals surface area contributed by atoms with Gasteiger partial charge in [-0.15, -0.1) is 0 Å². The van der Waals surface area contributed by atoms with Crippen molar-refractivity contribution in [3.8, 4) is 5.69 Å². The number of furan rings is 1. The Kier molecular flexibility index (Phi) is 6.72. The lowest BCUT2D eigenvalue weighted by Gasteiger charge is -2.12. The lowest BCUT2D eigenvalue weighted by Crippen LogP contribution is -2.33. The van der Waals surface area contributed by atoms with E-state index in [9.17, 15) is 14.4 Å². The Morgan fingerprint density at radius 3 is 2.54 bits per heavy atom. The number of hydrogen-bond acceptors (Lipinski definition) is 8. The summed E-state index contributed by atoms with van der Waals surface area (Å²) in [4.78, 5) is 47.2. The molecule has 1 aliphatic rings. The first kappa shape index (κ1) is 26.5. The van der Waals surface area contributed by atoms with Crippen LogP contribution in [0.2, 0.25) is 0 Å². The molecule has 1 amide bonds. The number of aromatic nitrogens is 4. The van der Waals surface area contributed by atoms with Gasteiger partial charge in [0.1, 0.15) is 22.9 Å². The summed E-state index contributed by atoms with van der Waals surface area (Å²) in [7, 11) is 1.75. The van der Waals surface area contributed by atoms with E-state index in [0.29, 0.717) is 28.6 Å². The molecule has 5 heterocycles. The molecule has 6 rings (SSSR count). The third-order valence-corrected chi connectivity index (χ3v) is 8.13. The van der Waals surface area contributed by atoms with Gasteiger partial charge in [-0.05, 0) is 55.8 Å². The number of anilines is 2. The third kappa shape index (κ3) is 4.60. The first-order valence-corrected chi connectivity index (χ1v) is 13.9. The number of thioether (sulfide) groups is 1. The summed E-state index contributed by atoms with van der Waals surface area (Å²) < 4.78 is 10.2. The van der Waals surface area contributed by atoms with E-state index in [2.05, 4.69) is 10.3 Å². The van der Waals surface area contributed by atoms with Gasteiger partial charge in [0.15, 0.2) is 4.32 Å². The van der Waals surface area contributed by atoms with Crippen molar-refractivity contribution < 1.29 is 9.21 Å². The average molecular weight is 585 g/mol. The smallest absolute Gasteiger partial charge is 0.296 e. The number of amides is 1. The summed E-state index contributed by atoms with van der Waals surface area (Å²) in [6.07, 6.45) is 4.75. The highest BCUT2D eigenvalue weighted by Crippen LogP contribution is 2.36. The minimum absolute atomic E-state index is 0.169. The zero-order valence-electron chi connectivity index (χ0n) is 22.3. The summed E-state index contributed by atoms with van der Waals surface area (Å²) >= 11 is 6.62. The van der Waals surface area contributed by atoms with Crippen LogP contribution in [-0.2, 0) is 18.4 Å². The average Bonchev–Trinajstić information content (AvgIpc) is 3.63. The number of nitrogens with zero attached hydrogens (tertiary/aromatic N) is 5. The van der Waals surface area contributed by atoms with Crippen LogP contribution < -0.4 is 21.3 Å². The summed E-state index contributed by atoms with van der Waals surface area (Å²) in [5, 5.41) is 3.17. The normalized spacial score (nSPS) is 14.5. The SMILES string of the molecule is Cc1ccc2nc(NCc3ccco3)c(C=C3SC(=S)N(c4c(C)n(C)n(-c5ccccc5)c4=O)C3=O)c(=O)n2c1. The lowest BCUT2D eigenvalue weighted by atomic mass is 10.2. The van der Waals surface area contributed by atoms with Gasteiger partial charge in [0.05, 0.1) is 34.7 Å². The molecule has 12 heteroatoms. The lowest BCUT2D eigenvalue weighted by molar-refractivity contribution is -0.113. The van der Waals surface area contributed by atoms with Gasteiger partial charge < -0.3 is 9.73 Å². The number of thiocarbonyl (C=S) groups is 1. The molecular formula is C29H24N6O4S2. The Bertz CT molecular complexity index is 1990. The van der Waals surface area contributed by atoms with Gasteiger partial charge in [-0.1, -0.05) is 48.2 Å². The molecule has 0 unspecified atom stereocenters. The van der Waals surface area contributed by atoms with E-state index in [0.717, 1.165) is 17.3 Å². The van der Waals surface area contributed by atoms with E-state index in [1.54, 1.807) is 49.3 Å². The van der Waals surface area contributed by atoms with E-state index >= 15 is 0 Å². The van der Waals surface area contributed by atoms with Crippen LogP contribution in [0, 0.1) is 13.8 Å². The number of carbonyl (C=O) groups is 1.